The zero-order valence-corrected chi connectivity index (χ0v) is 15.1. The van der Waals surface area contributed by atoms with Crippen LogP contribution in [0.5, 0.6) is 0 Å². The summed E-state index contributed by atoms with van der Waals surface area (Å²) in [6, 6.07) is 11.2. The van der Waals surface area contributed by atoms with Gasteiger partial charge in [0.05, 0.1) is 11.0 Å². The third kappa shape index (κ3) is 3.41. The van der Waals surface area contributed by atoms with Crippen LogP contribution in [0.3, 0.4) is 0 Å². The molecule has 0 fully saturated rings. The summed E-state index contributed by atoms with van der Waals surface area (Å²) in [6.07, 6.45) is 9.32. The van der Waals surface area contributed by atoms with E-state index in [0.29, 0.717) is 17.8 Å². The standard InChI is InChI=1S/C22H21FN4/c1-25-17-4-2-3-14(9-10-17)15-5-7-16(8-6-15)22-19(23)12-21-20(27-22)11-18(13-24)26-21/h3-12,25-26H,2,13,24H2,1H3. The molecule has 1 aromatic carbocycles. The average molecular weight is 360 g/mol. The fourth-order valence-electron chi connectivity index (χ4n) is 3.25. The number of aromatic nitrogens is 2. The summed E-state index contributed by atoms with van der Waals surface area (Å²) in [5, 5.41) is 3.15. The van der Waals surface area contributed by atoms with Crippen molar-refractivity contribution in [3.8, 4) is 11.3 Å². The number of halogens is 1. The molecule has 0 bridgehead atoms. The number of hydrogen-bond acceptors (Lipinski definition) is 3. The highest BCUT2D eigenvalue weighted by atomic mass is 19.1. The SMILES string of the molecule is CNC1=CCC=C(c2ccc(-c3nc4cc(CN)[nH]c4cc3F)cc2)C=C1. The molecule has 3 aromatic rings. The monoisotopic (exact) mass is 360 g/mol. The lowest BCUT2D eigenvalue weighted by molar-refractivity contribution is 0.628. The number of likely N-dealkylation sites (N-methyl/N-ethyl adjacent to an activating group) is 1. The Hall–Kier alpha value is -3.18. The van der Waals surface area contributed by atoms with Gasteiger partial charge in [0.1, 0.15) is 5.69 Å². The van der Waals surface area contributed by atoms with Crippen LogP contribution in [0.15, 0.2) is 66.4 Å². The van der Waals surface area contributed by atoms with Gasteiger partial charge in [-0.15, -0.1) is 0 Å². The Labute approximate surface area is 157 Å². The number of nitrogens with zero attached hydrogens (tertiary/aromatic N) is 1. The quantitative estimate of drug-likeness (QED) is 0.651. The molecule has 0 saturated carbocycles. The zero-order valence-electron chi connectivity index (χ0n) is 15.1. The molecule has 136 valence electrons. The Bertz CT molecular complexity index is 1070. The van der Waals surface area contributed by atoms with Crippen molar-refractivity contribution >= 4 is 16.6 Å². The predicted octanol–water partition coefficient (Wildman–Crippen LogP) is 4.27. The molecule has 2 aromatic heterocycles. The molecule has 0 unspecified atom stereocenters. The molecule has 0 amide bonds. The molecule has 4 rings (SSSR count). The number of benzene rings is 1. The van der Waals surface area contributed by atoms with E-state index in [1.54, 1.807) is 0 Å². The number of nitrogens with one attached hydrogen (secondary N) is 2. The van der Waals surface area contributed by atoms with Crippen molar-refractivity contribution in [2.24, 2.45) is 5.73 Å². The summed E-state index contributed by atoms with van der Waals surface area (Å²) >= 11 is 0. The van der Waals surface area contributed by atoms with E-state index in [-0.39, 0.29) is 5.82 Å². The van der Waals surface area contributed by atoms with Crippen molar-refractivity contribution < 1.29 is 4.39 Å². The van der Waals surface area contributed by atoms with Gasteiger partial charge in [-0.25, -0.2) is 9.37 Å². The van der Waals surface area contributed by atoms with E-state index in [0.717, 1.165) is 40.0 Å². The Morgan fingerprint density at radius 3 is 2.63 bits per heavy atom. The molecule has 0 radical (unpaired) electrons. The van der Waals surface area contributed by atoms with Crippen LogP contribution in [-0.2, 0) is 6.54 Å². The highest BCUT2D eigenvalue weighted by molar-refractivity contribution is 5.81. The normalized spacial score (nSPS) is 14.0. The minimum absolute atomic E-state index is 0.348. The summed E-state index contributed by atoms with van der Waals surface area (Å²) in [5.41, 5.74) is 12.3. The first-order chi connectivity index (χ1) is 13.2. The summed E-state index contributed by atoms with van der Waals surface area (Å²) in [7, 11) is 1.91. The lowest BCUT2D eigenvalue weighted by atomic mass is 10.0. The third-order valence-corrected chi connectivity index (χ3v) is 4.73. The smallest absolute Gasteiger partial charge is 0.151 e. The Balaban J connectivity index is 1.65. The van der Waals surface area contributed by atoms with Crippen molar-refractivity contribution in [2.75, 3.05) is 7.05 Å². The van der Waals surface area contributed by atoms with Crippen LogP contribution in [0.4, 0.5) is 4.39 Å². The van der Waals surface area contributed by atoms with E-state index < -0.39 is 0 Å². The Kier molecular flexibility index (Phi) is 4.60. The van der Waals surface area contributed by atoms with Crippen LogP contribution >= 0.6 is 0 Å². The van der Waals surface area contributed by atoms with Crippen molar-refractivity contribution in [1.29, 1.82) is 0 Å². The fraction of sp³-hybridized carbons (Fsp3) is 0.136. The average Bonchev–Trinajstić information content (AvgIpc) is 2.94. The Morgan fingerprint density at radius 2 is 1.89 bits per heavy atom. The summed E-state index contributed by atoms with van der Waals surface area (Å²) < 4.78 is 14.6. The fourth-order valence-corrected chi connectivity index (χ4v) is 3.25. The summed E-state index contributed by atoms with van der Waals surface area (Å²) in [5.74, 6) is -0.350. The van der Waals surface area contributed by atoms with Crippen LogP contribution < -0.4 is 11.1 Å². The van der Waals surface area contributed by atoms with Crippen molar-refractivity contribution in [3.63, 3.8) is 0 Å². The Morgan fingerprint density at radius 1 is 1.11 bits per heavy atom. The van der Waals surface area contributed by atoms with Gasteiger partial charge < -0.3 is 16.0 Å². The largest absolute Gasteiger partial charge is 0.388 e. The number of pyridine rings is 1. The van der Waals surface area contributed by atoms with Crippen molar-refractivity contribution in [2.45, 2.75) is 13.0 Å². The molecule has 0 spiro atoms. The van der Waals surface area contributed by atoms with Crippen LogP contribution in [-0.4, -0.2) is 17.0 Å². The minimum Gasteiger partial charge on any atom is -0.388 e. The molecule has 1 aliphatic rings. The van der Waals surface area contributed by atoms with Gasteiger partial charge in [0.15, 0.2) is 5.82 Å². The molecule has 5 heteroatoms. The molecule has 2 heterocycles. The second kappa shape index (κ2) is 7.21. The molecule has 27 heavy (non-hydrogen) atoms. The van der Waals surface area contributed by atoms with Crippen LogP contribution in [0.2, 0.25) is 0 Å². The number of H-pyrrole nitrogens is 1. The van der Waals surface area contributed by atoms with E-state index in [1.165, 1.54) is 6.07 Å². The summed E-state index contributed by atoms with van der Waals surface area (Å²) in [6.45, 7) is 0.370. The molecular weight excluding hydrogens is 339 g/mol. The van der Waals surface area contributed by atoms with Crippen molar-refractivity contribution in [3.05, 3.63) is 83.5 Å². The highest BCUT2D eigenvalue weighted by Gasteiger charge is 2.12. The molecule has 0 saturated heterocycles. The van der Waals surface area contributed by atoms with Crippen LogP contribution in [0.1, 0.15) is 17.7 Å². The molecule has 4 nitrogen and oxygen atoms in total. The van der Waals surface area contributed by atoms with Gasteiger partial charge in [-0.1, -0.05) is 42.5 Å². The number of nitrogens with two attached hydrogens (primary N) is 1. The summed E-state index contributed by atoms with van der Waals surface area (Å²) in [4.78, 5) is 7.56. The molecule has 1 aliphatic carbocycles. The number of hydrogen-bond donors (Lipinski definition) is 3. The second-order valence-electron chi connectivity index (χ2n) is 6.47. The van der Waals surface area contributed by atoms with Crippen LogP contribution in [0.25, 0.3) is 27.9 Å². The number of aromatic amines is 1. The molecular formula is C22H21FN4. The highest BCUT2D eigenvalue weighted by Crippen LogP contribution is 2.27. The van der Waals surface area contributed by atoms with Gasteiger partial charge in [0, 0.05) is 36.6 Å². The maximum absolute atomic E-state index is 14.6. The number of allylic oxidation sites excluding steroid dienone is 5. The van der Waals surface area contributed by atoms with Crippen LogP contribution in [0, 0.1) is 5.82 Å². The number of rotatable bonds is 4. The maximum atomic E-state index is 14.6. The maximum Gasteiger partial charge on any atom is 0.151 e. The van der Waals surface area contributed by atoms with Gasteiger partial charge in [-0.2, -0.15) is 0 Å². The molecule has 0 atom stereocenters. The van der Waals surface area contributed by atoms with E-state index in [2.05, 4.69) is 39.6 Å². The van der Waals surface area contributed by atoms with E-state index in [1.807, 2.05) is 37.4 Å². The predicted molar refractivity (Wildman–Crippen MR) is 108 cm³/mol. The first-order valence-corrected chi connectivity index (χ1v) is 8.93. The zero-order chi connectivity index (χ0) is 18.8. The van der Waals surface area contributed by atoms with Gasteiger partial charge in [-0.05, 0) is 29.7 Å². The van der Waals surface area contributed by atoms with Crippen molar-refractivity contribution in [1.82, 2.24) is 15.3 Å². The first kappa shape index (κ1) is 17.2. The number of fused-ring (bicyclic) bond motifs is 1. The van der Waals surface area contributed by atoms with E-state index >= 15 is 0 Å². The van der Waals surface area contributed by atoms with Gasteiger partial charge >= 0.3 is 0 Å². The van der Waals surface area contributed by atoms with E-state index in [9.17, 15) is 4.39 Å². The second-order valence-corrected chi connectivity index (χ2v) is 6.47. The molecule has 4 N–H and O–H groups in total. The van der Waals surface area contributed by atoms with E-state index in [4.69, 9.17) is 5.73 Å². The topological polar surface area (TPSA) is 66.7 Å². The van der Waals surface area contributed by atoms with Gasteiger partial charge in [0.2, 0.25) is 0 Å². The van der Waals surface area contributed by atoms with Gasteiger partial charge in [-0.3, -0.25) is 0 Å². The lowest BCUT2D eigenvalue weighted by Crippen LogP contribution is -2.01. The molecule has 0 aliphatic heterocycles. The van der Waals surface area contributed by atoms with Gasteiger partial charge in [0.25, 0.3) is 0 Å². The minimum atomic E-state index is -0.350. The third-order valence-electron chi connectivity index (χ3n) is 4.73. The first-order valence-electron chi connectivity index (χ1n) is 8.93. The lowest BCUT2D eigenvalue weighted by Gasteiger charge is -2.06.